The minimum Gasteiger partial charge on any atom is -0.329 e. The second-order valence-corrected chi connectivity index (χ2v) is 5.88. The number of aryl methyl sites for hydroxylation is 1. The van der Waals surface area contributed by atoms with Crippen LogP contribution in [0.4, 0.5) is 0 Å². The fourth-order valence-corrected chi connectivity index (χ4v) is 3.40. The molecule has 0 aromatic carbocycles. The van der Waals surface area contributed by atoms with Crippen LogP contribution in [0, 0.1) is 0 Å². The third-order valence-corrected chi connectivity index (χ3v) is 4.52. The van der Waals surface area contributed by atoms with Gasteiger partial charge in [0.2, 0.25) is 0 Å². The molecule has 1 amide bonds. The summed E-state index contributed by atoms with van der Waals surface area (Å²) in [6.45, 7) is 0.783. The van der Waals surface area contributed by atoms with Crippen molar-refractivity contribution in [3.05, 3.63) is 39.6 Å². The van der Waals surface area contributed by atoms with Crippen LogP contribution >= 0.6 is 11.3 Å². The zero-order valence-corrected chi connectivity index (χ0v) is 11.4. The van der Waals surface area contributed by atoms with Crippen molar-refractivity contribution in [2.75, 3.05) is 0 Å². The molecule has 5 nitrogen and oxygen atoms in total. The number of hydrazine groups is 1. The largest absolute Gasteiger partial charge is 0.329 e. The lowest BCUT2D eigenvalue weighted by molar-refractivity contribution is 0.0957. The number of carbonyl (C=O) groups excluding carboxylic acids is 1. The third-order valence-electron chi connectivity index (χ3n) is 3.45. The number of nitrogen functional groups attached to an aromatic ring is 1. The molecular weight excluding hydrogens is 260 g/mol. The number of carbonyl (C=O) groups is 1. The molecule has 0 aliphatic heterocycles. The minimum absolute atomic E-state index is 0.232. The van der Waals surface area contributed by atoms with Gasteiger partial charge < -0.3 is 4.57 Å². The Hall–Kier alpha value is -1.66. The molecule has 1 aliphatic rings. The Bertz CT molecular complexity index is 602. The normalized spacial score (nSPS) is 14.2. The number of imidazole rings is 1. The van der Waals surface area contributed by atoms with Crippen LogP contribution in [0.15, 0.2) is 18.5 Å². The number of amides is 1. The average molecular weight is 276 g/mol. The van der Waals surface area contributed by atoms with Gasteiger partial charge in [0, 0.05) is 10.6 Å². The number of hydrogen-bond acceptors (Lipinski definition) is 4. The summed E-state index contributed by atoms with van der Waals surface area (Å²) < 4.78 is 2.20. The monoisotopic (exact) mass is 276 g/mol. The quantitative estimate of drug-likeness (QED) is 0.506. The van der Waals surface area contributed by atoms with Gasteiger partial charge in [-0.05, 0) is 37.8 Å². The Labute approximate surface area is 115 Å². The number of aromatic nitrogens is 2. The summed E-state index contributed by atoms with van der Waals surface area (Å²) in [6.07, 6.45) is 6.59. The van der Waals surface area contributed by atoms with Gasteiger partial charge in [-0.1, -0.05) is 0 Å². The summed E-state index contributed by atoms with van der Waals surface area (Å²) in [7, 11) is 0. The maximum atomic E-state index is 11.4. The van der Waals surface area contributed by atoms with Gasteiger partial charge >= 0.3 is 0 Å². The van der Waals surface area contributed by atoms with Crippen molar-refractivity contribution in [2.24, 2.45) is 5.84 Å². The van der Waals surface area contributed by atoms with E-state index in [9.17, 15) is 4.79 Å². The molecule has 0 atom stereocenters. The smallest absolute Gasteiger partial charge is 0.275 e. The Morgan fingerprint density at radius 2 is 2.26 bits per heavy atom. The summed E-state index contributed by atoms with van der Waals surface area (Å²) in [5.41, 5.74) is 4.75. The van der Waals surface area contributed by atoms with Crippen molar-refractivity contribution in [2.45, 2.75) is 32.2 Å². The molecule has 3 rings (SSSR count). The molecule has 1 aliphatic carbocycles. The number of nitrogens with one attached hydrogen (secondary N) is 1. The molecule has 2 heterocycles. The van der Waals surface area contributed by atoms with Crippen LogP contribution in [0.5, 0.6) is 0 Å². The molecule has 100 valence electrons. The topological polar surface area (TPSA) is 72.9 Å². The van der Waals surface area contributed by atoms with Crippen molar-refractivity contribution >= 4 is 17.2 Å². The zero-order valence-electron chi connectivity index (χ0n) is 10.6. The molecule has 19 heavy (non-hydrogen) atoms. The summed E-state index contributed by atoms with van der Waals surface area (Å²) in [4.78, 5) is 17.7. The standard InChI is InChI=1S/C13H16N4OS/c14-16-13(18)12-6-5-9(19-12)7-17-8-15-10-3-1-2-4-11(10)17/h5-6,8H,1-4,7,14H2,(H,16,18). The van der Waals surface area contributed by atoms with E-state index in [1.54, 1.807) is 0 Å². The maximum absolute atomic E-state index is 11.4. The van der Waals surface area contributed by atoms with Crippen molar-refractivity contribution in [1.29, 1.82) is 0 Å². The van der Waals surface area contributed by atoms with Gasteiger partial charge in [-0.25, -0.2) is 10.8 Å². The number of nitrogens with two attached hydrogens (primary N) is 1. The van der Waals surface area contributed by atoms with Gasteiger partial charge in [-0.3, -0.25) is 10.2 Å². The van der Waals surface area contributed by atoms with E-state index >= 15 is 0 Å². The van der Waals surface area contributed by atoms with Gasteiger partial charge in [0.25, 0.3) is 5.91 Å². The lowest BCUT2D eigenvalue weighted by Crippen LogP contribution is -2.29. The van der Waals surface area contributed by atoms with Crippen LogP contribution in [-0.2, 0) is 19.4 Å². The maximum Gasteiger partial charge on any atom is 0.275 e. The van der Waals surface area contributed by atoms with Crippen molar-refractivity contribution in [1.82, 2.24) is 15.0 Å². The predicted molar refractivity (Wildman–Crippen MR) is 73.9 cm³/mol. The Morgan fingerprint density at radius 1 is 1.42 bits per heavy atom. The van der Waals surface area contributed by atoms with E-state index in [1.165, 1.54) is 35.6 Å². The number of fused-ring (bicyclic) bond motifs is 1. The molecule has 0 spiro atoms. The molecule has 2 aromatic rings. The molecular formula is C13H16N4OS. The summed E-state index contributed by atoms with van der Waals surface area (Å²) >= 11 is 1.47. The molecule has 3 N–H and O–H groups in total. The summed E-state index contributed by atoms with van der Waals surface area (Å²) in [5.74, 6) is 4.90. The first-order valence-electron chi connectivity index (χ1n) is 6.40. The van der Waals surface area contributed by atoms with Crippen LogP contribution in [-0.4, -0.2) is 15.5 Å². The molecule has 0 saturated heterocycles. The minimum atomic E-state index is -0.232. The van der Waals surface area contributed by atoms with Crippen molar-refractivity contribution < 1.29 is 4.79 Å². The highest BCUT2D eigenvalue weighted by Crippen LogP contribution is 2.23. The Morgan fingerprint density at radius 3 is 3.11 bits per heavy atom. The van der Waals surface area contributed by atoms with Gasteiger partial charge in [0.1, 0.15) is 0 Å². The van der Waals surface area contributed by atoms with Crippen LogP contribution in [0.25, 0.3) is 0 Å². The van der Waals surface area contributed by atoms with Crippen molar-refractivity contribution in [3.63, 3.8) is 0 Å². The van der Waals surface area contributed by atoms with E-state index in [4.69, 9.17) is 5.84 Å². The van der Waals surface area contributed by atoms with Crippen LogP contribution in [0.1, 0.15) is 38.8 Å². The van der Waals surface area contributed by atoms with Crippen LogP contribution < -0.4 is 11.3 Å². The van der Waals surface area contributed by atoms with E-state index < -0.39 is 0 Å². The summed E-state index contributed by atoms with van der Waals surface area (Å²) in [6, 6.07) is 3.79. The molecule has 2 aromatic heterocycles. The predicted octanol–water partition coefficient (Wildman–Crippen LogP) is 1.48. The molecule has 0 fully saturated rings. The summed E-state index contributed by atoms with van der Waals surface area (Å²) in [5, 5.41) is 0. The Balaban J connectivity index is 1.80. The first kappa shape index (κ1) is 12.4. The van der Waals surface area contributed by atoms with Crippen LogP contribution in [0.3, 0.4) is 0 Å². The second-order valence-electron chi connectivity index (χ2n) is 4.71. The van der Waals surface area contributed by atoms with E-state index in [-0.39, 0.29) is 5.91 Å². The van der Waals surface area contributed by atoms with E-state index in [0.29, 0.717) is 4.88 Å². The van der Waals surface area contributed by atoms with Crippen molar-refractivity contribution in [3.8, 4) is 0 Å². The van der Waals surface area contributed by atoms with E-state index in [2.05, 4.69) is 15.0 Å². The van der Waals surface area contributed by atoms with Gasteiger partial charge in [-0.15, -0.1) is 11.3 Å². The van der Waals surface area contributed by atoms with E-state index in [0.717, 1.165) is 24.3 Å². The number of thiophene rings is 1. The fraction of sp³-hybridized carbons (Fsp3) is 0.385. The number of hydrogen-bond donors (Lipinski definition) is 2. The molecule has 0 saturated carbocycles. The SMILES string of the molecule is NNC(=O)c1ccc(Cn2cnc3c2CCCC3)s1. The Kier molecular flexibility index (Phi) is 3.35. The first-order chi connectivity index (χ1) is 9.28. The average Bonchev–Trinajstić information content (AvgIpc) is 3.06. The molecule has 6 heteroatoms. The third kappa shape index (κ3) is 2.41. The first-order valence-corrected chi connectivity index (χ1v) is 7.22. The lowest BCUT2D eigenvalue weighted by Gasteiger charge is -2.13. The zero-order chi connectivity index (χ0) is 13.2. The van der Waals surface area contributed by atoms with Crippen LogP contribution in [0.2, 0.25) is 0 Å². The molecule has 0 radical (unpaired) electrons. The fourth-order valence-electron chi connectivity index (χ4n) is 2.49. The van der Waals surface area contributed by atoms with E-state index in [1.807, 2.05) is 18.5 Å². The lowest BCUT2D eigenvalue weighted by atomic mass is 10.0. The number of rotatable bonds is 3. The number of nitrogens with zero attached hydrogens (tertiary/aromatic N) is 2. The highest BCUT2D eigenvalue weighted by molar-refractivity contribution is 7.14. The molecule has 0 unspecified atom stereocenters. The van der Waals surface area contributed by atoms with Gasteiger partial charge in [0.15, 0.2) is 0 Å². The van der Waals surface area contributed by atoms with Gasteiger partial charge in [-0.2, -0.15) is 0 Å². The molecule has 0 bridgehead atoms. The van der Waals surface area contributed by atoms with Gasteiger partial charge in [0.05, 0.1) is 23.4 Å². The highest BCUT2D eigenvalue weighted by atomic mass is 32.1. The highest BCUT2D eigenvalue weighted by Gasteiger charge is 2.16. The second kappa shape index (κ2) is 5.14.